The Balaban J connectivity index is 1.43. The molecule has 1 atom stereocenters. The number of aliphatic hydroxyl groups excluding tert-OH is 1. The van der Waals surface area contributed by atoms with Crippen molar-refractivity contribution in [3.05, 3.63) is 118 Å². The number of aryl methyl sites for hydroxylation is 3. The van der Waals surface area contributed by atoms with E-state index in [-0.39, 0.29) is 13.0 Å². The van der Waals surface area contributed by atoms with Crippen LogP contribution in [0.1, 0.15) is 39.5 Å². The molecule has 7 nitrogen and oxygen atoms in total. The summed E-state index contributed by atoms with van der Waals surface area (Å²) in [7, 11) is 0. The van der Waals surface area contributed by atoms with Crippen LogP contribution in [0.4, 0.5) is 0 Å². The largest absolute Gasteiger partial charge is 0.485 e. The quantitative estimate of drug-likeness (QED) is 0.276. The maximum absolute atomic E-state index is 12.5. The van der Waals surface area contributed by atoms with E-state index in [1.54, 1.807) is 12.1 Å². The maximum atomic E-state index is 12.5. The lowest BCUT2D eigenvalue weighted by molar-refractivity contribution is -0.154. The van der Waals surface area contributed by atoms with E-state index in [0.29, 0.717) is 41.7 Å². The number of hydrogen-bond donors (Lipinski definition) is 1. The predicted molar refractivity (Wildman–Crippen MR) is 144 cm³/mol. The van der Waals surface area contributed by atoms with Crippen molar-refractivity contribution in [1.29, 1.82) is 0 Å². The second-order valence-corrected chi connectivity index (χ2v) is 9.08. The highest BCUT2D eigenvalue weighted by Crippen LogP contribution is 2.30. The van der Waals surface area contributed by atoms with Gasteiger partial charge in [0, 0.05) is 6.42 Å². The molecule has 1 N–H and O–H groups in total. The van der Waals surface area contributed by atoms with Crippen molar-refractivity contribution in [2.45, 2.75) is 53.1 Å². The Morgan fingerprint density at radius 3 is 1.92 bits per heavy atom. The van der Waals surface area contributed by atoms with Crippen molar-refractivity contribution in [3.63, 3.8) is 0 Å². The predicted octanol–water partition coefficient (Wildman–Crippen LogP) is 5.21. The number of carbonyl (C=O) groups excluding carboxylic acids is 1. The van der Waals surface area contributed by atoms with Crippen LogP contribution in [0.3, 0.4) is 0 Å². The molecule has 0 aliphatic carbocycles. The van der Waals surface area contributed by atoms with Gasteiger partial charge in [0.25, 0.3) is 0 Å². The molecule has 196 valence electrons. The molecule has 4 rings (SSSR count). The van der Waals surface area contributed by atoms with Gasteiger partial charge in [0.15, 0.2) is 17.6 Å². The van der Waals surface area contributed by atoms with Crippen LogP contribution in [0, 0.1) is 20.8 Å². The number of nitrogens with zero attached hydrogens (tertiary/aromatic N) is 2. The SMILES string of the molecule is Cc1nc(C)c(COC(=O)C(O)Cc2ccc(OCc3ccccc3)c(OCc3ccccc3)c2)nc1C. The molecule has 1 aromatic heterocycles. The Kier molecular flexibility index (Phi) is 9.06. The lowest BCUT2D eigenvalue weighted by atomic mass is 10.1. The van der Waals surface area contributed by atoms with Crippen molar-refractivity contribution in [3.8, 4) is 11.5 Å². The van der Waals surface area contributed by atoms with Gasteiger partial charge in [-0.1, -0.05) is 66.7 Å². The van der Waals surface area contributed by atoms with E-state index in [0.717, 1.165) is 22.5 Å². The molecular weight excluding hydrogens is 480 g/mol. The summed E-state index contributed by atoms with van der Waals surface area (Å²) >= 11 is 0. The Morgan fingerprint density at radius 2 is 1.29 bits per heavy atom. The summed E-state index contributed by atoms with van der Waals surface area (Å²) in [5.74, 6) is 0.388. The molecule has 0 saturated carbocycles. The summed E-state index contributed by atoms with van der Waals surface area (Å²) in [6.07, 6.45) is -1.27. The zero-order valence-corrected chi connectivity index (χ0v) is 21.9. The summed E-state index contributed by atoms with van der Waals surface area (Å²) in [6, 6.07) is 25.1. The summed E-state index contributed by atoms with van der Waals surface area (Å²) in [5, 5.41) is 10.6. The van der Waals surface area contributed by atoms with Crippen molar-refractivity contribution in [2.24, 2.45) is 0 Å². The Bertz CT molecular complexity index is 1360. The van der Waals surface area contributed by atoms with E-state index in [1.807, 2.05) is 87.5 Å². The highest BCUT2D eigenvalue weighted by Gasteiger charge is 2.20. The van der Waals surface area contributed by atoms with Gasteiger partial charge < -0.3 is 19.3 Å². The van der Waals surface area contributed by atoms with Gasteiger partial charge in [-0.05, 0) is 49.6 Å². The molecule has 0 spiro atoms. The third-order valence-electron chi connectivity index (χ3n) is 6.11. The smallest absolute Gasteiger partial charge is 0.335 e. The minimum Gasteiger partial charge on any atom is -0.485 e. The van der Waals surface area contributed by atoms with E-state index < -0.39 is 12.1 Å². The molecule has 0 fully saturated rings. The number of carbonyl (C=O) groups is 1. The highest BCUT2D eigenvalue weighted by atomic mass is 16.5. The first-order valence-electron chi connectivity index (χ1n) is 12.5. The summed E-state index contributed by atoms with van der Waals surface area (Å²) in [6.45, 7) is 6.24. The van der Waals surface area contributed by atoms with Gasteiger partial charge >= 0.3 is 5.97 Å². The third kappa shape index (κ3) is 7.40. The fourth-order valence-electron chi connectivity index (χ4n) is 3.82. The van der Waals surface area contributed by atoms with E-state index in [9.17, 15) is 9.90 Å². The molecule has 7 heteroatoms. The monoisotopic (exact) mass is 512 g/mol. The number of aliphatic hydroxyl groups is 1. The number of benzene rings is 3. The lowest BCUT2D eigenvalue weighted by Gasteiger charge is -2.16. The normalized spacial score (nSPS) is 11.6. The molecule has 4 aromatic rings. The fraction of sp³-hybridized carbons (Fsp3) is 0.258. The van der Waals surface area contributed by atoms with Crippen LogP contribution >= 0.6 is 0 Å². The zero-order chi connectivity index (χ0) is 26.9. The van der Waals surface area contributed by atoms with Crippen LogP contribution in [-0.2, 0) is 35.8 Å². The van der Waals surface area contributed by atoms with E-state index in [2.05, 4.69) is 9.97 Å². The molecule has 0 bridgehead atoms. The average molecular weight is 513 g/mol. The average Bonchev–Trinajstić information content (AvgIpc) is 2.93. The molecule has 0 aliphatic heterocycles. The van der Waals surface area contributed by atoms with Crippen molar-refractivity contribution >= 4 is 5.97 Å². The molecular formula is C31H32N2O5. The van der Waals surface area contributed by atoms with Crippen molar-refractivity contribution in [1.82, 2.24) is 9.97 Å². The molecule has 38 heavy (non-hydrogen) atoms. The minimum absolute atomic E-state index is 0.0481. The minimum atomic E-state index is -1.34. The van der Waals surface area contributed by atoms with Crippen LogP contribution in [0.5, 0.6) is 11.5 Å². The molecule has 1 unspecified atom stereocenters. The van der Waals surface area contributed by atoms with Crippen LogP contribution < -0.4 is 9.47 Å². The standard InChI is InChI=1S/C31H32N2O5/c1-21-22(2)33-27(23(3)32-21)20-38-31(35)28(34)16-26-14-15-29(36-18-24-10-6-4-7-11-24)30(17-26)37-19-25-12-8-5-9-13-25/h4-15,17,28,34H,16,18-20H2,1-3H3. The Labute approximate surface area is 223 Å². The van der Waals surface area contributed by atoms with Gasteiger partial charge in [0.05, 0.1) is 22.8 Å². The first-order valence-corrected chi connectivity index (χ1v) is 12.5. The van der Waals surface area contributed by atoms with Gasteiger partial charge in [-0.3, -0.25) is 9.97 Å². The van der Waals surface area contributed by atoms with Gasteiger partial charge in [-0.15, -0.1) is 0 Å². The Hall–Kier alpha value is -4.23. The molecule has 0 aliphatic rings. The highest BCUT2D eigenvalue weighted by molar-refractivity contribution is 5.74. The van der Waals surface area contributed by atoms with E-state index in [4.69, 9.17) is 14.2 Å². The molecule has 0 saturated heterocycles. The van der Waals surface area contributed by atoms with Gasteiger partial charge in [-0.25, -0.2) is 4.79 Å². The maximum Gasteiger partial charge on any atom is 0.335 e. The van der Waals surface area contributed by atoms with Gasteiger partial charge in [-0.2, -0.15) is 0 Å². The van der Waals surface area contributed by atoms with Crippen molar-refractivity contribution < 1.29 is 24.1 Å². The topological polar surface area (TPSA) is 90.8 Å². The van der Waals surface area contributed by atoms with Crippen LogP contribution in [0.15, 0.2) is 78.9 Å². The van der Waals surface area contributed by atoms with Crippen molar-refractivity contribution in [2.75, 3.05) is 0 Å². The lowest BCUT2D eigenvalue weighted by Crippen LogP contribution is -2.25. The second-order valence-electron chi connectivity index (χ2n) is 9.08. The molecule has 1 heterocycles. The van der Waals surface area contributed by atoms with Gasteiger partial charge in [0.2, 0.25) is 0 Å². The molecule has 3 aromatic carbocycles. The Morgan fingerprint density at radius 1 is 0.711 bits per heavy atom. The fourth-order valence-corrected chi connectivity index (χ4v) is 3.82. The van der Waals surface area contributed by atoms with Crippen LogP contribution in [0.2, 0.25) is 0 Å². The van der Waals surface area contributed by atoms with Crippen LogP contribution in [-0.4, -0.2) is 27.1 Å². The number of ether oxygens (including phenoxy) is 3. The second kappa shape index (κ2) is 12.8. The number of esters is 1. The first-order chi connectivity index (χ1) is 18.4. The summed E-state index contributed by atoms with van der Waals surface area (Å²) < 4.78 is 17.5. The zero-order valence-electron chi connectivity index (χ0n) is 21.9. The first kappa shape index (κ1) is 26.8. The van der Waals surface area contributed by atoms with Crippen LogP contribution in [0.25, 0.3) is 0 Å². The van der Waals surface area contributed by atoms with E-state index >= 15 is 0 Å². The number of aromatic nitrogens is 2. The molecule has 0 amide bonds. The summed E-state index contributed by atoms with van der Waals surface area (Å²) in [4.78, 5) is 21.4. The number of hydrogen-bond acceptors (Lipinski definition) is 7. The van der Waals surface area contributed by atoms with E-state index in [1.165, 1.54) is 0 Å². The molecule has 0 radical (unpaired) electrons. The van der Waals surface area contributed by atoms with Gasteiger partial charge in [0.1, 0.15) is 19.8 Å². The third-order valence-corrected chi connectivity index (χ3v) is 6.11. The number of rotatable bonds is 11. The summed E-state index contributed by atoms with van der Waals surface area (Å²) in [5.41, 5.74) is 5.64.